The predicted octanol–water partition coefficient (Wildman–Crippen LogP) is 3.95. The van der Waals surface area contributed by atoms with Crippen LogP contribution in [-0.4, -0.2) is 22.2 Å². The van der Waals surface area contributed by atoms with Crippen molar-refractivity contribution in [2.24, 2.45) is 7.05 Å². The van der Waals surface area contributed by atoms with E-state index in [9.17, 15) is 4.79 Å². The maximum absolute atomic E-state index is 13.3. The molecule has 0 atom stereocenters. The van der Waals surface area contributed by atoms with Crippen molar-refractivity contribution in [1.29, 1.82) is 0 Å². The van der Waals surface area contributed by atoms with Gasteiger partial charge in [0.05, 0.1) is 5.69 Å². The van der Waals surface area contributed by atoms with Crippen LogP contribution in [0.1, 0.15) is 28.5 Å². The van der Waals surface area contributed by atoms with Crippen molar-refractivity contribution in [1.82, 2.24) is 9.78 Å². The van der Waals surface area contributed by atoms with E-state index in [1.165, 1.54) is 0 Å². The Morgan fingerprint density at radius 3 is 2.81 bits per heavy atom. The zero-order valence-electron chi connectivity index (χ0n) is 15.2. The molecule has 0 unspecified atom stereocenters. The number of hydrogen-bond acceptors (Lipinski definition) is 3. The molecule has 2 aromatic carbocycles. The van der Waals surface area contributed by atoms with Gasteiger partial charge in [-0.25, -0.2) is 0 Å². The summed E-state index contributed by atoms with van der Waals surface area (Å²) in [5, 5.41) is 4.55. The number of hydrogen-bond donors (Lipinski definition) is 0. The quantitative estimate of drug-likeness (QED) is 0.721. The van der Waals surface area contributed by atoms with Crippen LogP contribution < -0.4 is 9.64 Å². The standard InChI is InChI=1S/C21H21N3O2/c1-4-24(15-9-7-8-14(2)12-15)21(25)19-17-13-26-18-11-6-5-10-16(18)20(17)23(3)22-19/h5-12H,4,13H2,1-3H3. The van der Waals surface area contributed by atoms with Gasteiger partial charge in [-0.05, 0) is 43.7 Å². The summed E-state index contributed by atoms with van der Waals surface area (Å²) in [7, 11) is 1.88. The van der Waals surface area contributed by atoms with Crippen LogP contribution in [0.3, 0.4) is 0 Å². The van der Waals surface area contributed by atoms with Crippen molar-refractivity contribution in [3.8, 4) is 17.0 Å². The van der Waals surface area contributed by atoms with Crippen LogP contribution in [0.4, 0.5) is 5.69 Å². The van der Waals surface area contributed by atoms with Crippen LogP contribution in [0.5, 0.6) is 5.75 Å². The number of aryl methyl sites for hydroxylation is 2. The minimum Gasteiger partial charge on any atom is -0.488 e. The number of para-hydroxylation sites is 1. The van der Waals surface area contributed by atoms with Gasteiger partial charge in [0.15, 0.2) is 5.69 Å². The number of nitrogens with zero attached hydrogens (tertiary/aromatic N) is 3. The highest BCUT2D eigenvalue weighted by Gasteiger charge is 2.30. The zero-order chi connectivity index (χ0) is 18.3. The maximum atomic E-state index is 13.3. The van der Waals surface area contributed by atoms with Crippen LogP contribution in [0.25, 0.3) is 11.3 Å². The Kier molecular flexibility index (Phi) is 3.99. The lowest BCUT2D eigenvalue weighted by molar-refractivity contribution is 0.0980. The fourth-order valence-electron chi connectivity index (χ4n) is 3.52. The van der Waals surface area contributed by atoms with Crippen molar-refractivity contribution in [3.05, 3.63) is 65.4 Å². The number of carbonyl (C=O) groups is 1. The van der Waals surface area contributed by atoms with E-state index >= 15 is 0 Å². The molecule has 0 spiro atoms. The summed E-state index contributed by atoms with van der Waals surface area (Å²) < 4.78 is 7.65. The minimum atomic E-state index is -0.0991. The highest BCUT2D eigenvalue weighted by molar-refractivity contribution is 6.06. The predicted molar refractivity (Wildman–Crippen MR) is 102 cm³/mol. The third-order valence-corrected chi connectivity index (χ3v) is 4.74. The molecule has 4 rings (SSSR count). The van der Waals surface area contributed by atoms with E-state index in [4.69, 9.17) is 4.74 Å². The molecule has 0 fully saturated rings. The highest BCUT2D eigenvalue weighted by atomic mass is 16.5. The number of aromatic nitrogens is 2. The van der Waals surface area contributed by atoms with Gasteiger partial charge >= 0.3 is 0 Å². The lowest BCUT2D eigenvalue weighted by atomic mass is 10.0. The van der Waals surface area contributed by atoms with Crippen LogP contribution in [-0.2, 0) is 13.7 Å². The number of amides is 1. The Hall–Kier alpha value is -3.08. The van der Waals surface area contributed by atoms with Crippen molar-refractivity contribution < 1.29 is 9.53 Å². The molecule has 1 aliphatic rings. The molecule has 26 heavy (non-hydrogen) atoms. The molecule has 0 bridgehead atoms. The van der Waals surface area contributed by atoms with Crippen LogP contribution in [0.15, 0.2) is 48.5 Å². The number of benzene rings is 2. The van der Waals surface area contributed by atoms with Gasteiger partial charge in [0.25, 0.3) is 5.91 Å². The van der Waals surface area contributed by atoms with Crippen LogP contribution in [0.2, 0.25) is 0 Å². The Morgan fingerprint density at radius 1 is 1.23 bits per heavy atom. The first-order valence-electron chi connectivity index (χ1n) is 8.76. The maximum Gasteiger partial charge on any atom is 0.279 e. The SMILES string of the molecule is CCN(C(=O)c1nn(C)c2c1COc1ccccc1-2)c1cccc(C)c1. The van der Waals surface area contributed by atoms with E-state index in [2.05, 4.69) is 5.10 Å². The van der Waals surface area contributed by atoms with Gasteiger partial charge in [0.2, 0.25) is 0 Å². The highest BCUT2D eigenvalue weighted by Crippen LogP contribution is 2.38. The Bertz CT molecular complexity index is 991. The summed E-state index contributed by atoms with van der Waals surface area (Å²) in [6.45, 7) is 4.92. The average Bonchev–Trinajstić information content (AvgIpc) is 2.99. The third kappa shape index (κ3) is 2.56. The summed E-state index contributed by atoms with van der Waals surface area (Å²) in [4.78, 5) is 15.0. The Balaban J connectivity index is 1.79. The second-order valence-corrected chi connectivity index (χ2v) is 6.47. The molecule has 1 amide bonds. The van der Waals surface area contributed by atoms with Gasteiger partial charge in [-0.3, -0.25) is 9.48 Å². The van der Waals surface area contributed by atoms with E-state index in [-0.39, 0.29) is 5.91 Å². The Labute approximate surface area is 152 Å². The largest absolute Gasteiger partial charge is 0.488 e. The number of anilines is 1. The molecule has 1 aliphatic heterocycles. The molecular formula is C21H21N3O2. The second kappa shape index (κ2) is 6.33. The lowest BCUT2D eigenvalue weighted by Gasteiger charge is -2.22. The molecule has 2 heterocycles. The van der Waals surface area contributed by atoms with E-state index in [0.29, 0.717) is 18.8 Å². The van der Waals surface area contributed by atoms with Gasteiger partial charge in [-0.2, -0.15) is 5.10 Å². The first-order chi connectivity index (χ1) is 12.6. The average molecular weight is 347 g/mol. The van der Waals surface area contributed by atoms with Gasteiger partial charge in [-0.1, -0.05) is 24.3 Å². The number of fused-ring (bicyclic) bond motifs is 3. The third-order valence-electron chi connectivity index (χ3n) is 4.74. The molecule has 0 saturated heterocycles. The number of carbonyl (C=O) groups excluding carboxylic acids is 1. The van der Waals surface area contributed by atoms with Crippen molar-refractivity contribution >= 4 is 11.6 Å². The number of rotatable bonds is 3. The van der Waals surface area contributed by atoms with Crippen molar-refractivity contribution in [2.75, 3.05) is 11.4 Å². The molecule has 0 radical (unpaired) electrons. The smallest absolute Gasteiger partial charge is 0.279 e. The Morgan fingerprint density at radius 2 is 2.04 bits per heavy atom. The lowest BCUT2D eigenvalue weighted by Crippen LogP contribution is -2.32. The topological polar surface area (TPSA) is 47.4 Å². The number of ether oxygens (including phenoxy) is 1. The van der Waals surface area contributed by atoms with Gasteiger partial charge in [-0.15, -0.1) is 0 Å². The summed E-state index contributed by atoms with van der Waals surface area (Å²) >= 11 is 0. The first kappa shape index (κ1) is 16.4. The van der Waals surface area contributed by atoms with E-state index in [0.717, 1.165) is 33.8 Å². The molecule has 132 valence electrons. The normalized spacial score (nSPS) is 12.1. The van der Waals surface area contributed by atoms with E-state index < -0.39 is 0 Å². The molecular weight excluding hydrogens is 326 g/mol. The fraction of sp³-hybridized carbons (Fsp3) is 0.238. The van der Waals surface area contributed by atoms with Gasteiger partial charge in [0.1, 0.15) is 12.4 Å². The molecule has 0 aliphatic carbocycles. The van der Waals surface area contributed by atoms with Gasteiger partial charge in [0, 0.05) is 30.4 Å². The fourth-order valence-corrected chi connectivity index (χ4v) is 3.52. The van der Waals surface area contributed by atoms with Gasteiger partial charge < -0.3 is 9.64 Å². The zero-order valence-corrected chi connectivity index (χ0v) is 15.2. The second-order valence-electron chi connectivity index (χ2n) is 6.47. The molecule has 0 saturated carbocycles. The van der Waals surface area contributed by atoms with Crippen LogP contribution in [0, 0.1) is 6.92 Å². The molecule has 5 nitrogen and oxygen atoms in total. The van der Waals surface area contributed by atoms with Crippen molar-refractivity contribution in [3.63, 3.8) is 0 Å². The molecule has 0 N–H and O–H groups in total. The summed E-state index contributed by atoms with van der Waals surface area (Å²) in [5.74, 6) is 0.728. The first-order valence-corrected chi connectivity index (χ1v) is 8.76. The van der Waals surface area contributed by atoms with E-state index in [1.807, 2.05) is 69.4 Å². The van der Waals surface area contributed by atoms with Crippen LogP contribution >= 0.6 is 0 Å². The monoisotopic (exact) mass is 347 g/mol. The molecule has 1 aromatic heterocycles. The molecule has 3 aromatic rings. The molecule has 5 heteroatoms. The summed E-state index contributed by atoms with van der Waals surface area (Å²) in [6.07, 6.45) is 0. The van der Waals surface area contributed by atoms with E-state index in [1.54, 1.807) is 9.58 Å². The summed E-state index contributed by atoms with van der Waals surface area (Å²) in [5.41, 5.74) is 5.24. The minimum absolute atomic E-state index is 0.0991. The van der Waals surface area contributed by atoms with Crippen molar-refractivity contribution in [2.45, 2.75) is 20.5 Å². The summed E-state index contributed by atoms with van der Waals surface area (Å²) in [6, 6.07) is 15.8.